The summed E-state index contributed by atoms with van der Waals surface area (Å²) in [7, 11) is 3.14. The molecule has 0 aliphatic carbocycles. The van der Waals surface area contributed by atoms with E-state index in [2.05, 4.69) is 10.1 Å². The normalized spacial score (nSPS) is 15.4. The first-order chi connectivity index (χ1) is 18.4. The molecule has 1 atom stereocenters. The van der Waals surface area contributed by atoms with Gasteiger partial charge in [-0.15, -0.1) is 0 Å². The van der Waals surface area contributed by atoms with Crippen LogP contribution in [-0.2, 0) is 23.8 Å². The van der Waals surface area contributed by atoms with Gasteiger partial charge in [-0.1, -0.05) is 29.8 Å². The van der Waals surface area contributed by atoms with Crippen LogP contribution in [-0.4, -0.2) is 45.5 Å². The number of allylic oxidation sites excluding steroid dienone is 2. The second-order valence-electron chi connectivity index (χ2n) is 9.83. The Morgan fingerprint density at radius 3 is 2.51 bits per heavy atom. The molecule has 0 spiro atoms. The Morgan fingerprint density at radius 1 is 1.05 bits per heavy atom. The molecule has 1 amide bonds. The number of benzene rings is 2. The van der Waals surface area contributed by atoms with Crippen LogP contribution in [0.3, 0.4) is 0 Å². The Bertz CT molecular complexity index is 1650. The van der Waals surface area contributed by atoms with Crippen molar-refractivity contribution in [3.8, 4) is 0 Å². The molecule has 6 nitrogen and oxygen atoms in total. The second kappa shape index (κ2) is 9.76. The van der Waals surface area contributed by atoms with Crippen molar-refractivity contribution in [2.24, 2.45) is 0 Å². The van der Waals surface area contributed by atoms with E-state index in [4.69, 9.17) is 0 Å². The second-order valence-corrected chi connectivity index (χ2v) is 9.83. The fourth-order valence-electron chi connectivity index (χ4n) is 5.00. The van der Waals surface area contributed by atoms with Gasteiger partial charge < -0.3 is 4.90 Å². The van der Waals surface area contributed by atoms with Gasteiger partial charge in [0, 0.05) is 56.0 Å². The van der Waals surface area contributed by atoms with Crippen molar-refractivity contribution >= 4 is 22.5 Å². The molecule has 2 aromatic carbocycles. The fourth-order valence-corrected chi connectivity index (χ4v) is 5.00. The van der Waals surface area contributed by atoms with E-state index < -0.39 is 23.6 Å². The van der Waals surface area contributed by atoms with E-state index in [1.165, 1.54) is 9.58 Å². The van der Waals surface area contributed by atoms with Crippen LogP contribution in [0.1, 0.15) is 45.8 Å². The molecule has 200 valence electrons. The first-order valence-corrected chi connectivity index (χ1v) is 12.2. The molecule has 0 radical (unpaired) electrons. The summed E-state index contributed by atoms with van der Waals surface area (Å²) >= 11 is 0. The van der Waals surface area contributed by atoms with Crippen molar-refractivity contribution in [2.75, 3.05) is 14.1 Å². The van der Waals surface area contributed by atoms with Crippen LogP contribution < -0.4 is 0 Å². The SMILES string of the molecule is CC1=C(C(=O)Cc2ccc3cnccc3c2)C(c2ccc(C(F)(F)F)c(F)c2)n2nc(C(=O)N(C)C)cc2C1. The molecule has 39 heavy (non-hydrogen) atoms. The summed E-state index contributed by atoms with van der Waals surface area (Å²) in [6.45, 7) is 1.76. The zero-order valence-electron chi connectivity index (χ0n) is 21.4. The van der Waals surface area contributed by atoms with Crippen molar-refractivity contribution in [1.82, 2.24) is 19.7 Å². The lowest BCUT2D eigenvalue weighted by atomic mass is 9.85. The first kappa shape index (κ1) is 26.3. The quantitative estimate of drug-likeness (QED) is 0.313. The van der Waals surface area contributed by atoms with Gasteiger partial charge in [-0.3, -0.25) is 19.3 Å². The van der Waals surface area contributed by atoms with Gasteiger partial charge in [-0.05, 0) is 47.7 Å². The van der Waals surface area contributed by atoms with Crippen LogP contribution in [0.5, 0.6) is 0 Å². The number of amides is 1. The van der Waals surface area contributed by atoms with Gasteiger partial charge in [0.15, 0.2) is 11.5 Å². The van der Waals surface area contributed by atoms with Crippen molar-refractivity contribution < 1.29 is 27.2 Å². The highest BCUT2D eigenvalue weighted by Gasteiger charge is 2.37. The topological polar surface area (TPSA) is 68.1 Å². The number of carbonyl (C=O) groups excluding carboxylic acids is 2. The van der Waals surface area contributed by atoms with Crippen molar-refractivity contribution in [3.63, 3.8) is 0 Å². The molecule has 4 aromatic rings. The maximum absolute atomic E-state index is 14.7. The van der Waals surface area contributed by atoms with E-state index in [0.29, 0.717) is 29.3 Å². The van der Waals surface area contributed by atoms with Gasteiger partial charge in [0.2, 0.25) is 0 Å². The lowest BCUT2D eigenvalue weighted by Crippen LogP contribution is -2.29. The van der Waals surface area contributed by atoms with Gasteiger partial charge in [-0.25, -0.2) is 4.39 Å². The van der Waals surface area contributed by atoms with E-state index in [1.807, 2.05) is 24.3 Å². The maximum atomic E-state index is 14.7. The molecule has 2 aromatic heterocycles. The van der Waals surface area contributed by atoms with Gasteiger partial charge in [0.05, 0.1) is 5.56 Å². The number of nitrogens with zero attached hydrogens (tertiary/aromatic N) is 4. The molecule has 0 fully saturated rings. The number of aromatic nitrogens is 3. The van der Waals surface area contributed by atoms with E-state index in [1.54, 1.807) is 39.5 Å². The number of hydrogen-bond donors (Lipinski definition) is 0. The molecule has 0 saturated carbocycles. The van der Waals surface area contributed by atoms with Crippen LogP contribution in [0.15, 0.2) is 72.1 Å². The third kappa shape index (κ3) is 4.94. The average molecular weight is 537 g/mol. The number of fused-ring (bicyclic) bond motifs is 2. The largest absolute Gasteiger partial charge is 0.419 e. The van der Waals surface area contributed by atoms with Crippen molar-refractivity contribution in [1.29, 1.82) is 0 Å². The summed E-state index contributed by atoms with van der Waals surface area (Å²) < 4.78 is 56.0. The van der Waals surface area contributed by atoms with Crippen LogP contribution in [0.25, 0.3) is 10.8 Å². The molecule has 1 aliphatic rings. The van der Waals surface area contributed by atoms with E-state index in [9.17, 15) is 27.2 Å². The van der Waals surface area contributed by atoms with Gasteiger partial charge >= 0.3 is 6.18 Å². The van der Waals surface area contributed by atoms with Crippen LogP contribution in [0, 0.1) is 5.82 Å². The Morgan fingerprint density at radius 2 is 1.82 bits per heavy atom. The smallest absolute Gasteiger partial charge is 0.343 e. The number of alkyl halides is 3. The minimum atomic E-state index is -4.87. The predicted octanol–water partition coefficient (Wildman–Crippen LogP) is 5.56. The highest BCUT2D eigenvalue weighted by molar-refractivity contribution is 6.00. The average Bonchev–Trinajstić information content (AvgIpc) is 3.29. The van der Waals surface area contributed by atoms with Gasteiger partial charge in [0.1, 0.15) is 11.9 Å². The highest BCUT2D eigenvalue weighted by Crippen LogP contribution is 2.39. The molecule has 0 saturated heterocycles. The van der Waals surface area contributed by atoms with E-state index in [-0.39, 0.29) is 29.4 Å². The van der Waals surface area contributed by atoms with Crippen molar-refractivity contribution in [2.45, 2.75) is 32.0 Å². The Balaban J connectivity index is 1.60. The standard InChI is InChI=1S/C29H24F4N4O2/c1-16-10-21-14-24(28(39)36(2)3)35-37(21)27(19-6-7-22(23(30)13-19)29(31,32)33)26(16)25(38)12-17-4-5-20-15-34-9-8-18(20)11-17/h4-9,11,13-15,27H,10,12H2,1-3H3. The number of rotatable bonds is 5. The molecule has 5 rings (SSSR count). The summed E-state index contributed by atoms with van der Waals surface area (Å²) in [6, 6.07) is 10.6. The summed E-state index contributed by atoms with van der Waals surface area (Å²) in [4.78, 5) is 31.9. The Labute approximate surface area is 221 Å². The molecular formula is C29H24F4N4O2. The van der Waals surface area contributed by atoms with Crippen LogP contribution >= 0.6 is 0 Å². The molecule has 10 heteroatoms. The molecule has 0 N–H and O–H groups in total. The third-order valence-corrected chi connectivity index (χ3v) is 6.85. The van der Waals surface area contributed by atoms with Gasteiger partial charge in [-0.2, -0.15) is 18.3 Å². The Kier molecular flexibility index (Phi) is 6.57. The number of ketones is 1. The van der Waals surface area contributed by atoms with Gasteiger partial charge in [0.25, 0.3) is 5.91 Å². The zero-order valence-corrected chi connectivity index (χ0v) is 21.4. The maximum Gasteiger partial charge on any atom is 0.419 e. The lowest BCUT2D eigenvalue weighted by Gasteiger charge is -2.29. The number of pyridine rings is 1. The minimum absolute atomic E-state index is 0.0185. The molecule has 1 unspecified atom stereocenters. The fraction of sp³-hybridized carbons (Fsp3) is 0.241. The molecule has 3 heterocycles. The summed E-state index contributed by atoms with van der Waals surface area (Å²) in [5.41, 5.74) is 1.17. The third-order valence-electron chi connectivity index (χ3n) is 6.85. The minimum Gasteiger partial charge on any atom is -0.343 e. The zero-order chi connectivity index (χ0) is 28.1. The van der Waals surface area contributed by atoms with Crippen molar-refractivity contribution in [3.05, 3.63) is 106 Å². The predicted molar refractivity (Wildman–Crippen MR) is 137 cm³/mol. The molecule has 1 aliphatic heterocycles. The number of hydrogen-bond acceptors (Lipinski definition) is 4. The van der Waals surface area contributed by atoms with Crippen LogP contribution in [0.2, 0.25) is 0 Å². The molecule has 0 bridgehead atoms. The van der Waals surface area contributed by atoms with E-state index >= 15 is 0 Å². The number of halogens is 4. The summed E-state index contributed by atoms with van der Waals surface area (Å²) in [6.07, 6.45) is -1.17. The number of carbonyl (C=O) groups is 2. The lowest BCUT2D eigenvalue weighted by molar-refractivity contribution is -0.140. The molecular weight excluding hydrogens is 512 g/mol. The van der Waals surface area contributed by atoms with Crippen LogP contribution in [0.4, 0.5) is 17.6 Å². The summed E-state index contributed by atoms with van der Waals surface area (Å²) in [5.74, 6) is -2.09. The highest BCUT2D eigenvalue weighted by atomic mass is 19.4. The first-order valence-electron chi connectivity index (χ1n) is 12.2. The Hall–Kier alpha value is -4.34. The summed E-state index contributed by atoms with van der Waals surface area (Å²) in [5, 5.41) is 6.26. The monoisotopic (exact) mass is 536 g/mol. The van der Waals surface area contributed by atoms with E-state index in [0.717, 1.165) is 28.5 Å². The number of Topliss-reactive ketones (excluding diaryl/α,β-unsaturated/α-hetero) is 1.